The number of nitrogens with one attached hydrogen (secondary N) is 1. The van der Waals surface area contributed by atoms with Crippen LogP contribution in [0.25, 0.3) is 16.6 Å². The fraction of sp³-hybridized carbons (Fsp3) is 0.296. The second-order valence-corrected chi connectivity index (χ2v) is 9.01. The summed E-state index contributed by atoms with van der Waals surface area (Å²) in [4.78, 5) is 32.9. The smallest absolute Gasteiger partial charge is 0.227 e. The number of aromatic nitrogens is 3. The number of halogens is 1. The molecule has 1 fully saturated rings. The average molecular weight is 474 g/mol. The van der Waals surface area contributed by atoms with E-state index in [0.717, 1.165) is 39.1 Å². The van der Waals surface area contributed by atoms with Crippen LogP contribution in [0.15, 0.2) is 54.7 Å². The summed E-state index contributed by atoms with van der Waals surface area (Å²) in [6, 6.07) is 14.1. The molecule has 3 heterocycles. The number of fused-ring (bicyclic) bond motifs is 1. The molecule has 1 saturated heterocycles. The Labute approximate surface area is 203 Å². The zero-order valence-electron chi connectivity index (χ0n) is 19.9. The highest BCUT2D eigenvalue weighted by molar-refractivity contribution is 5.89. The Bertz CT molecular complexity index is 1380. The normalized spacial score (nSPS) is 14.0. The first-order valence-electron chi connectivity index (χ1n) is 11.8. The van der Waals surface area contributed by atoms with E-state index in [-0.39, 0.29) is 24.1 Å². The molecule has 35 heavy (non-hydrogen) atoms. The number of hydrogen-bond donors (Lipinski definition) is 1. The zero-order valence-corrected chi connectivity index (χ0v) is 19.9. The van der Waals surface area contributed by atoms with E-state index in [4.69, 9.17) is 0 Å². The number of nitrogens with zero attached hydrogens (tertiary/aromatic N) is 4. The van der Waals surface area contributed by atoms with Gasteiger partial charge in [0.15, 0.2) is 0 Å². The number of amides is 2. The molecule has 0 radical (unpaired) electrons. The first-order chi connectivity index (χ1) is 16.9. The fourth-order valence-corrected chi connectivity index (χ4v) is 4.79. The molecule has 4 aromatic rings. The van der Waals surface area contributed by atoms with Gasteiger partial charge >= 0.3 is 0 Å². The average Bonchev–Trinajstić information content (AvgIpc) is 3.40. The molecular weight excluding hydrogens is 445 g/mol. The third-order valence-corrected chi connectivity index (χ3v) is 6.84. The molecule has 0 spiro atoms. The maximum atomic E-state index is 13.3. The van der Waals surface area contributed by atoms with Gasteiger partial charge in [0.2, 0.25) is 11.8 Å². The van der Waals surface area contributed by atoms with Gasteiger partial charge < -0.3 is 14.8 Å². The molecule has 1 aliphatic rings. The monoisotopic (exact) mass is 473 g/mol. The van der Waals surface area contributed by atoms with Crippen LogP contribution in [0.1, 0.15) is 22.5 Å². The Balaban J connectivity index is 1.20. The lowest BCUT2D eigenvalue weighted by Gasteiger charge is -2.35. The molecule has 1 aliphatic heterocycles. The van der Waals surface area contributed by atoms with E-state index in [1.54, 1.807) is 16.8 Å². The highest BCUT2D eigenvalue weighted by Gasteiger charge is 2.26. The Morgan fingerprint density at radius 1 is 0.914 bits per heavy atom. The van der Waals surface area contributed by atoms with E-state index in [1.165, 1.54) is 12.1 Å². The predicted octanol–water partition coefficient (Wildman–Crippen LogP) is 3.57. The van der Waals surface area contributed by atoms with Crippen molar-refractivity contribution in [2.24, 2.45) is 0 Å². The quantitative estimate of drug-likeness (QED) is 0.482. The van der Waals surface area contributed by atoms with Crippen molar-refractivity contribution >= 4 is 22.7 Å². The molecule has 1 N–H and O–H groups in total. The van der Waals surface area contributed by atoms with Crippen LogP contribution in [-0.2, 0) is 22.4 Å². The molecule has 0 bridgehead atoms. The van der Waals surface area contributed by atoms with Gasteiger partial charge in [0, 0.05) is 54.5 Å². The Hall–Kier alpha value is -3.94. The van der Waals surface area contributed by atoms with Crippen LogP contribution in [0, 0.1) is 19.7 Å². The van der Waals surface area contributed by atoms with Gasteiger partial charge in [-0.05, 0) is 49.7 Å². The van der Waals surface area contributed by atoms with Crippen LogP contribution in [0.4, 0.5) is 4.39 Å². The molecule has 180 valence electrons. The second-order valence-electron chi connectivity index (χ2n) is 9.01. The summed E-state index contributed by atoms with van der Waals surface area (Å²) in [5.74, 6) is -0.197. The number of aromatic amines is 1. The lowest BCUT2D eigenvalue weighted by atomic mass is 10.1. The van der Waals surface area contributed by atoms with Crippen LogP contribution in [0.3, 0.4) is 0 Å². The van der Waals surface area contributed by atoms with Crippen LogP contribution in [-0.4, -0.2) is 62.6 Å². The highest BCUT2D eigenvalue weighted by Crippen LogP contribution is 2.21. The molecule has 5 rings (SSSR count). The number of H-pyrrole nitrogens is 1. The van der Waals surface area contributed by atoms with Crippen molar-refractivity contribution in [2.75, 3.05) is 26.2 Å². The maximum absolute atomic E-state index is 13.3. The zero-order chi connectivity index (χ0) is 24.5. The van der Waals surface area contributed by atoms with Crippen LogP contribution in [0.5, 0.6) is 0 Å². The van der Waals surface area contributed by atoms with Crippen molar-refractivity contribution in [3.63, 3.8) is 0 Å². The van der Waals surface area contributed by atoms with E-state index in [9.17, 15) is 14.0 Å². The molecule has 0 aliphatic carbocycles. The number of hydrogen-bond acceptors (Lipinski definition) is 3. The highest BCUT2D eigenvalue weighted by atomic mass is 19.1. The van der Waals surface area contributed by atoms with Crippen molar-refractivity contribution < 1.29 is 14.0 Å². The van der Waals surface area contributed by atoms with Crippen LogP contribution < -0.4 is 0 Å². The summed E-state index contributed by atoms with van der Waals surface area (Å²) >= 11 is 0. The molecule has 8 heteroatoms. The third-order valence-electron chi connectivity index (χ3n) is 6.84. The molecule has 2 aromatic carbocycles. The number of aryl methyl sites for hydroxylation is 1. The Morgan fingerprint density at radius 3 is 2.23 bits per heavy atom. The van der Waals surface area contributed by atoms with Crippen LogP contribution in [0.2, 0.25) is 0 Å². The van der Waals surface area contributed by atoms with Crippen molar-refractivity contribution in [3.05, 3.63) is 83.1 Å². The van der Waals surface area contributed by atoms with Gasteiger partial charge in [-0.15, -0.1) is 0 Å². The summed E-state index contributed by atoms with van der Waals surface area (Å²) in [6.45, 7) is 5.90. The summed E-state index contributed by atoms with van der Waals surface area (Å²) in [5.41, 5.74) is 5.32. The SMILES string of the molecule is Cc1nn(-c2ccc(F)cc2)c(C)c1CC(=O)N1CCN(C(=O)Cc2c[nH]c3ccccc23)CC1. The van der Waals surface area contributed by atoms with Crippen molar-refractivity contribution in [2.45, 2.75) is 26.7 Å². The standard InChI is InChI=1S/C27H28FN5O2/c1-18-24(19(2)33(30-18)22-9-7-21(28)8-10-22)16-27(35)32-13-11-31(12-14-32)26(34)15-20-17-29-25-6-4-3-5-23(20)25/h3-10,17,29H,11-16H2,1-2H3. The first kappa shape index (κ1) is 22.8. The maximum Gasteiger partial charge on any atom is 0.227 e. The first-order valence-corrected chi connectivity index (χ1v) is 11.8. The number of piperazine rings is 1. The molecule has 0 saturated carbocycles. The lowest BCUT2D eigenvalue weighted by molar-refractivity contribution is -0.138. The summed E-state index contributed by atoms with van der Waals surface area (Å²) in [6.07, 6.45) is 2.50. The largest absolute Gasteiger partial charge is 0.361 e. The Morgan fingerprint density at radius 2 is 1.54 bits per heavy atom. The molecule has 2 aromatic heterocycles. The van der Waals surface area contributed by atoms with Crippen molar-refractivity contribution in [3.8, 4) is 5.69 Å². The van der Waals surface area contributed by atoms with Gasteiger partial charge in [0.1, 0.15) is 5.82 Å². The summed E-state index contributed by atoms with van der Waals surface area (Å²) < 4.78 is 15.0. The van der Waals surface area contributed by atoms with Crippen LogP contribution >= 0.6 is 0 Å². The summed E-state index contributed by atoms with van der Waals surface area (Å²) in [5, 5.41) is 5.64. The van der Waals surface area contributed by atoms with Crippen molar-refractivity contribution in [1.29, 1.82) is 0 Å². The van der Waals surface area contributed by atoms with Gasteiger partial charge in [-0.25, -0.2) is 9.07 Å². The minimum Gasteiger partial charge on any atom is -0.361 e. The topological polar surface area (TPSA) is 74.2 Å². The molecule has 0 atom stereocenters. The van der Waals surface area contributed by atoms with Gasteiger partial charge in [-0.2, -0.15) is 5.10 Å². The second kappa shape index (κ2) is 9.37. The summed E-state index contributed by atoms with van der Waals surface area (Å²) in [7, 11) is 0. The molecule has 7 nitrogen and oxygen atoms in total. The van der Waals surface area contributed by atoms with E-state index in [2.05, 4.69) is 10.1 Å². The van der Waals surface area contributed by atoms with Gasteiger partial charge in [-0.3, -0.25) is 9.59 Å². The van der Waals surface area contributed by atoms with Crippen molar-refractivity contribution in [1.82, 2.24) is 24.6 Å². The lowest BCUT2D eigenvalue weighted by Crippen LogP contribution is -2.51. The predicted molar refractivity (Wildman–Crippen MR) is 132 cm³/mol. The Kier molecular flexibility index (Phi) is 6.11. The number of carbonyl (C=O) groups excluding carboxylic acids is 2. The third kappa shape index (κ3) is 4.56. The number of carbonyl (C=O) groups is 2. The molecular formula is C27H28FN5O2. The van der Waals surface area contributed by atoms with E-state index in [1.807, 2.05) is 54.1 Å². The molecule has 0 unspecified atom stereocenters. The van der Waals surface area contributed by atoms with Gasteiger partial charge in [-0.1, -0.05) is 18.2 Å². The van der Waals surface area contributed by atoms with E-state index < -0.39 is 0 Å². The van der Waals surface area contributed by atoms with Gasteiger partial charge in [0.05, 0.1) is 24.2 Å². The van der Waals surface area contributed by atoms with E-state index in [0.29, 0.717) is 32.6 Å². The minimum absolute atomic E-state index is 0.0265. The number of para-hydroxylation sites is 1. The van der Waals surface area contributed by atoms with E-state index >= 15 is 0 Å². The molecule has 2 amide bonds. The fourth-order valence-electron chi connectivity index (χ4n) is 4.79. The number of benzene rings is 2. The van der Waals surface area contributed by atoms with Gasteiger partial charge in [0.25, 0.3) is 0 Å². The minimum atomic E-state index is -0.301. The number of rotatable bonds is 5.